The predicted octanol–water partition coefficient (Wildman–Crippen LogP) is 2.07. The molecule has 0 saturated carbocycles. The zero-order chi connectivity index (χ0) is 11.1. The minimum atomic E-state index is 0.421. The molecule has 4 nitrogen and oxygen atoms in total. The number of anilines is 2. The van der Waals surface area contributed by atoms with Crippen molar-refractivity contribution in [3.63, 3.8) is 0 Å². The summed E-state index contributed by atoms with van der Waals surface area (Å²) in [6.07, 6.45) is 3.67. The minimum Gasteiger partial charge on any atom is -0.370 e. The van der Waals surface area contributed by atoms with Gasteiger partial charge in [-0.15, -0.1) is 0 Å². The van der Waals surface area contributed by atoms with Gasteiger partial charge in [-0.2, -0.15) is 11.8 Å². The van der Waals surface area contributed by atoms with Crippen molar-refractivity contribution < 1.29 is 0 Å². The summed E-state index contributed by atoms with van der Waals surface area (Å²) in [6.45, 7) is 5.06. The Balaban J connectivity index is 2.56. The van der Waals surface area contributed by atoms with Crippen molar-refractivity contribution in [3.8, 4) is 0 Å². The Morgan fingerprint density at radius 1 is 1.40 bits per heavy atom. The van der Waals surface area contributed by atoms with Gasteiger partial charge in [0.25, 0.3) is 0 Å². The summed E-state index contributed by atoms with van der Waals surface area (Å²) in [7, 11) is 0. The van der Waals surface area contributed by atoms with Crippen LogP contribution in [0.3, 0.4) is 0 Å². The fourth-order valence-corrected chi connectivity index (χ4v) is 1.84. The number of hydrogen-bond donors (Lipinski definition) is 2. The number of nitrogens with one attached hydrogen (secondary N) is 2. The van der Waals surface area contributed by atoms with Crippen LogP contribution in [0.15, 0.2) is 12.4 Å². The molecule has 0 bridgehead atoms. The Labute approximate surface area is 95.3 Å². The van der Waals surface area contributed by atoms with E-state index in [1.807, 2.05) is 24.8 Å². The molecule has 0 radical (unpaired) electrons. The first-order valence-electron chi connectivity index (χ1n) is 5.07. The van der Waals surface area contributed by atoms with Crippen LogP contribution in [0, 0.1) is 0 Å². The lowest BCUT2D eigenvalue weighted by molar-refractivity contribution is 0.899. The maximum Gasteiger partial charge on any atom is 0.131 e. The summed E-state index contributed by atoms with van der Waals surface area (Å²) < 4.78 is 0. The first kappa shape index (κ1) is 12.1. The molecule has 1 heterocycles. The highest BCUT2D eigenvalue weighted by Crippen LogP contribution is 2.10. The Bertz CT molecular complexity index is 293. The summed E-state index contributed by atoms with van der Waals surface area (Å²) in [4.78, 5) is 8.29. The van der Waals surface area contributed by atoms with E-state index in [1.165, 1.54) is 0 Å². The minimum absolute atomic E-state index is 0.421. The van der Waals surface area contributed by atoms with Crippen molar-refractivity contribution in [1.29, 1.82) is 0 Å². The van der Waals surface area contributed by atoms with E-state index in [-0.39, 0.29) is 0 Å². The first-order valence-corrected chi connectivity index (χ1v) is 6.47. The second-order valence-electron chi connectivity index (χ2n) is 3.32. The van der Waals surface area contributed by atoms with E-state index in [1.54, 1.807) is 6.33 Å². The molecular weight excluding hydrogens is 208 g/mol. The Kier molecular flexibility index (Phi) is 5.25. The van der Waals surface area contributed by atoms with E-state index in [4.69, 9.17) is 0 Å². The third-order valence-corrected chi connectivity index (χ3v) is 2.67. The van der Waals surface area contributed by atoms with Crippen molar-refractivity contribution in [2.75, 3.05) is 29.2 Å². The third-order valence-electron chi connectivity index (χ3n) is 1.84. The monoisotopic (exact) mass is 226 g/mol. The van der Waals surface area contributed by atoms with E-state index in [9.17, 15) is 0 Å². The van der Waals surface area contributed by atoms with Crippen LogP contribution in [0.4, 0.5) is 11.6 Å². The topological polar surface area (TPSA) is 49.8 Å². The van der Waals surface area contributed by atoms with Crippen molar-refractivity contribution in [2.24, 2.45) is 0 Å². The summed E-state index contributed by atoms with van der Waals surface area (Å²) in [6, 6.07) is 2.35. The maximum absolute atomic E-state index is 4.17. The molecular formula is C10H18N4S. The van der Waals surface area contributed by atoms with Crippen LogP contribution in [-0.4, -0.2) is 34.6 Å². The van der Waals surface area contributed by atoms with E-state index in [0.717, 1.165) is 23.9 Å². The van der Waals surface area contributed by atoms with Gasteiger partial charge >= 0.3 is 0 Å². The molecule has 0 amide bonds. The third kappa shape index (κ3) is 4.38. The van der Waals surface area contributed by atoms with Gasteiger partial charge in [0, 0.05) is 24.4 Å². The van der Waals surface area contributed by atoms with E-state index < -0.39 is 0 Å². The number of rotatable bonds is 6. The summed E-state index contributed by atoms with van der Waals surface area (Å²) >= 11 is 1.82. The van der Waals surface area contributed by atoms with Crippen LogP contribution in [-0.2, 0) is 0 Å². The highest BCUT2D eigenvalue weighted by molar-refractivity contribution is 7.98. The zero-order valence-corrected chi connectivity index (χ0v) is 10.3. The van der Waals surface area contributed by atoms with Gasteiger partial charge in [-0.25, -0.2) is 9.97 Å². The van der Waals surface area contributed by atoms with Gasteiger partial charge in [0.2, 0.25) is 0 Å². The SMILES string of the molecule is CCNc1cc(NC(C)CSC)ncn1. The van der Waals surface area contributed by atoms with E-state index in [2.05, 4.69) is 33.8 Å². The smallest absolute Gasteiger partial charge is 0.131 e. The molecule has 2 N–H and O–H groups in total. The highest BCUT2D eigenvalue weighted by Gasteiger charge is 2.02. The van der Waals surface area contributed by atoms with Crippen LogP contribution in [0.2, 0.25) is 0 Å². The Hall–Kier alpha value is -0.970. The van der Waals surface area contributed by atoms with Crippen LogP contribution in [0.25, 0.3) is 0 Å². The van der Waals surface area contributed by atoms with Crippen LogP contribution >= 0.6 is 11.8 Å². The van der Waals surface area contributed by atoms with E-state index >= 15 is 0 Å². The zero-order valence-electron chi connectivity index (χ0n) is 9.45. The highest BCUT2D eigenvalue weighted by atomic mass is 32.2. The van der Waals surface area contributed by atoms with Gasteiger partial charge in [0.15, 0.2) is 0 Å². The quantitative estimate of drug-likeness (QED) is 0.777. The lowest BCUT2D eigenvalue weighted by Gasteiger charge is -2.13. The maximum atomic E-state index is 4.17. The molecule has 84 valence electrons. The van der Waals surface area contributed by atoms with Crippen molar-refractivity contribution in [2.45, 2.75) is 19.9 Å². The second-order valence-corrected chi connectivity index (χ2v) is 4.23. The van der Waals surface area contributed by atoms with Gasteiger partial charge in [0.05, 0.1) is 0 Å². The van der Waals surface area contributed by atoms with Gasteiger partial charge < -0.3 is 10.6 Å². The summed E-state index contributed by atoms with van der Waals surface area (Å²) in [5.74, 6) is 2.81. The molecule has 0 aliphatic carbocycles. The normalized spacial score (nSPS) is 12.2. The molecule has 1 aromatic heterocycles. The summed E-state index contributed by atoms with van der Waals surface area (Å²) in [5.41, 5.74) is 0. The molecule has 15 heavy (non-hydrogen) atoms. The lowest BCUT2D eigenvalue weighted by Crippen LogP contribution is -2.18. The van der Waals surface area contributed by atoms with Crippen LogP contribution in [0.5, 0.6) is 0 Å². The van der Waals surface area contributed by atoms with Gasteiger partial charge in [-0.3, -0.25) is 0 Å². The molecule has 1 atom stereocenters. The van der Waals surface area contributed by atoms with Crippen molar-refractivity contribution in [1.82, 2.24) is 9.97 Å². The fourth-order valence-electron chi connectivity index (χ4n) is 1.26. The Morgan fingerprint density at radius 3 is 2.80 bits per heavy atom. The number of thioether (sulfide) groups is 1. The number of hydrogen-bond acceptors (Lipinski definition) is 5. The molecule has 0 aliphatic heterocycles. The van der Waals surface area contributed by atoms with E-state index in [0.29, 0.717) is 6.04 Å². The average Bonchev–Trinajstić information content (AvgIpc) is 2.19. The van der Waals surface area contributed by atoms with Gasteiger partial charge in [0.1, 0.15) is 18.0 Å². The molecule has 1 aromatic rings. The van der Waals surface area contributed by atoms with Crippen LogP contribution < -0.4 is 10.6 Å². The molecule has 5 heteroatoms. The van der Waals surface area contributed by atoms with Gasteiger partial charge in [-0.05, 0) is 20.1 Å². The molecule has 0 fully saturated rings. The fraction of sp³-hybridized carbons (Fsp3) is 0.600. The molecule has 0 spiro atoms. The largest absolute Gasteiger partial charge is 0.370 e. The molecule has 0 saturated heterocycles. The molecule has 1 rings (SSSR count). The average molecular weight is 226 g/mol. The molecule has 0 aromatic carbocycles. The van der Waals surface area contributed by atoms with Crippen molar-refractivity contribution >= 4 is 23.4 Å². The molecule has 1 unspecified atom stereocenters. The Morgan fingerprint density at radius 2 is 2.13 bits per heavy atom. The van der Waals surface area contributed by atoms with Crippen molar-refractivity contribution in [3.05, 3.63) is 12.4 Å². The van der Waals surface area contributed by atoms with Crippen LogP contribution in [0.1, 0.15) is 13.8 Å². The first-order chi connectivity index (χ1) is 7.26. The second kappa shape index (κ2) is 6.50. The standard InChI is InChI=1S/C10H18N4S/c1-4-11-9-5-10(13-7-12-9)14-8(2)6-15-3/h5,7-8H,4,6H2,1-3H3,(H2,11,12,13,14). The number of aromatic nitrogens is 2. The number of nitrogens with zero attached hydrogens (tertiary/aromatic N) is 2. The van der Waals surface area contributed by atoms with Gasteiger partial charge in [-0.1, -0.05) is 0 Å². The lowest BCUT2D eigenvalue weighted by atomic mass is 10.4. The molecule has 0 aliphatic rings. The summed E-state index contributed by atoms with van der Waals surface area (Å²) in [5, 5.41) is 6.49. The predicted molar refractivity (Wildman–Crippen MR) is 67.7 cm³/mol.